The highest BCUT2D eigenvalue weighted by Crippen LogP contribution is 2.28. The zero-order valence-electron chi connectivity index (χ0n) is 19.9. The number of alkyl halides is 1. The van der Waals surface area contributed by atoms with E-state index < -0.39 is 46.8 Å². The molecule has 2 aromatic carbocycles. The zero-order valence-corrected chi connectivity index (χ0v) is 21.4. The van der Waals surface area contributed by atoms with Crippen molar-refractivity contribution < 1.29 is 40.3 Å². The van der Waals surface area contributed by atoms with Crippen LogP contribution < -0.4 is 9.50 Å². The van der Waals surface area contributed by atoms with Gasteiger partial charge in [-0.2, -0.15) is 8.42 Å². The lowest BCUT2D eigenvalue weighted by molar-refractivity contribution is -0.139. The molecule has 1 fully saturated rings. The molecule has 4 rings (SSSR count). The first kappa shape index (κ1) is 27.5. The van der Waals surface area contributed by atoms with Crippen molar-refractivity contribution in [2.24, 2.45) is 0 Å². The van der Waals surface area contributed by atoms with Gasteiger partial charge in [0.15, 0.2) is 5.78 Å². The van der Waals surface area contributed by atoms with E-state index in [1.54, 1.807) is 0 Å². The van der Waals surface area contributed by atoms with E-state index in [1.165, 1.54) is 54.1 Å². The Hall–Kier alpha value is -3.55. The number of carbonyl (C=O) groups excluding carboxylic acids is 3. The lowest BCUT2D eigenvalue weighted by atomic mass is 10.1. The minimum Gasteiger partial charge on any atom is -0.362 e. The molecule has 0 bridgehead atoms. The van der Waals surface area contributed by atoms with E-state index in [1.807, 2.05) is 0 Å². The molecule has 1 aromatic heterocycles. The highest BCUT2D eigenvalue weighted by Gasteiger charge is 2.39. The van der Waals surface area contributed by atoms with Crippen LogP contribution in [0.1, 0.15) is 29.3 Å². The number of carbonyl (C=O) groups is 3. The summed E-state index contributed by atoms with van der Waals surface area (Å²) >= 11 is 5.76. The zero-order chi connectivity index (χ0) is 27.8. The van der Waals surface area contributed by atoms with Crippen LogP contribution >= 0.6 is 11.6 Å². The van der Waals surface area contributed by atoms with Crippen molar-refractivity contribution >= 4 is 50.5 Å². The average Bonchev–Trinajstić information content (AvgIpc) is 3.39. The average molecular weight is 570 g/mol. The minimum atomic E-state index is -4.83. The number of nitrogens with zero attached hydrogens (tertiary/aromatic N) is 2. The van der Waals surface area contributed by atoms with Gasteiger partial charge in [-0.1, -0.05) is 23.7 Å². The number of halogens is 3. The Labute approximate surface area is 221 Å². The second kappa shape index (κ2) is 10.7. The molecule has 1 aliphatic heterocycles. The van der Waals surface area contributed by atoms with Crippen molar-refractivity contribution in [1.29, 1.82) is 0 Å². The molecule has 14 heteroatoms. The van der Waals surface area contributed by atoms with Crippen LogP contribution in [0, 0.1) is 5.82 Å². The summed E-state index contributed by atoms with van der Waals surface area (Å²) < 4.78 is 65.5. The summed E-state index contributed by atoms with van der Waals surface area (Å²) in [5.74, 6) is -2.62. The molecule has 0 aliphatic carbocycles. The number of ketones is 1. The lowest BCUT2D eigenvalue weighted by Crippen LogP contribution is -2.46. The molecule has 0 radical (unpaired) electrons. The standard InChI is InChI=1S/C24H22ClF2N3O7S/c1-13(31)18-11-29(20-8-16(5-6-17(18)20)37-38(34,35)36)12-22(32)30-10-15(26)7-21(30)24(33)28-9-14-3-2-4-19(25)23(14)27/h2-6,8,11,15,21H,7,9-10,12H2,1H3,(H,28,33)(H,34,35,36)/t15-,21+/m1/s1. The molecule has 202 valence electrons. The molecule has 2 atom stereocenters. The van der Waals surface area contributed by atoms with E-state index in [4.69, 9.17) is 16.2 Å². The van der Waals surface area contributed by atoms with Gasteiger partial charge in [-0.25, -0.2) is 8.78 Å². The van der Waals surface area contributed by atoms with E-state index in [9.17, 15) is 31.6 Å². The molecule has 38 heavy (non-hydrogen) atoms. The number of rotatable bonds is 8. The molecular weight excluding hydrogens is 548 g/mol. The van der Waals surface area contributed by atoms with Crippen LogP contribution in [-0.2, 0) is 33.1 Å². The van der Waals surface area contributed by atoms with Crippen molar-refractivity contribution in [2.45, 2.75) is 38.6 Å². The van der Waals surface area contributed by atoms with Crippen molar-refractivity contribution in [3.05, 3.63) is 64.6 Å². The Morgan fingerprint density at radius 2 is 1.97 bits per heavy atom. The number of likely N-dealkylation sites (tertiary alicyclic amines) is 1. The van der Waals surface area contributed by atoms with E-state index in [-0.39, 0.29) is 52.7 Å². The van der Waals surface area contributed by atoms with Gasteiger partial charge in [-0.3, -0.25) is 18.9 Å². The normalized spacial score (nSPS) is 17.6. The third-order valence-electron chi connectivity index (χ3n) is 6.10. The SMILES string of the molecule is CC(=O)c1cn(CC(=O)N2C[C@H](F)C[C@H]2C(=O)NCc2cccc(Cl)c2F)c2cc(OS(=O)(=O)O)ccc12. The Morgan fingerprint density at radius 3 is 2.66 bits per heavy atom. The molecule has 0 saturated carbocycles. The van der Waals surface area contributed by atoms with Gasteiger partial charge >= 0.3 is 10.4 Å². The van der Waals surface area contributed by atoms with Crippen LogP contribution in [0.4, 0.5) is 8.78 Å². The van der Waals surface area contributed by atoms with Gasteiger partial charge < -0.3 is 19.0 Å². The van der Waals surface area contributed by atoms with Crippen LogP contribution in [-0.4, -0.2) is 58.8 Å². The molecule has 0 spiro atoms. The summed E-state index contributed by atoms with van der Waals surface area (Å²) in [5, 5.41) is 2.78. The lowest BCUT2D eigenvalue weighted by Gasteiger charge is -2.24. The van der Waals surface area contributed by atoms with Gasteiger partial charge in [-0.15, -0.1) is 0 Å². The van der Waals surface area contributed by atoms with Crippen molar-refractivity contribution in [3.8, 4) is 5.75 Å². The number of nitrogens with one attached hydrogen (secondary N) is 1. The minimum absolute atomic E-state index is 0.118. The van der Waals surface area contributed by atoms with Crippen LogP contribution in [0.2, 0.25) is 5.02 Å². The Morgan fingerprint density at radius 1 is 1.24 bits per heavy atom. The fourth-order valence-electron chi connectivity index (χ4n) is 4.39. The first-order chi connectivity index (χ1) is 17.8. The number of hydrogen-bond donors (Lipinski definition) is 2. The second-order valence-electron chi connectivity index (χ2n) is 8.74. The number of benzene rings is 2. The third kappa shape index (κ3) is 5.95. The molecule has 2 amide bonds. The van der Waals surface area contributed by atoms with E-state index in [0.29, 0.717) is 5.39 Å². The Kier molecular flexibility index (Phi) is 7.72. The summed E-state index contributed by atoms with van der Waals surface area (Å²) in [7, 11) is -4.83. The van der Waals surface area contributed by atoms with E-state index in [0.717, 1.165) is 4.90 Å². The van der Waals surface area contributed by atoms with Crippen LogP contribution in [0.3, 0.4) is 0 Å². The summed E-state index contributed by atoms with van der Waals surface area (Å²) in [6.45, 7) is 0.319. The van der Waals surface area contributed by atoms with Gasteiger partial charge in [0.2, 0.25) is 11.8 Å². The monoisotopic (exact) mass is 569 g/mol. The first-order valence-corrected chi connectivity index (χ1v) is 13.0. The molecule has 2 heterocycles. The summed E-state index contributed by atoms with van der Waals surface area (Å²) in [6, 6.07) is 6.98. The third-order valence-corrected chi connectivity index (χ3v) is 6.79. The number of aromatic nitrogens is 1. The second-order valence-corrected chi connectivity index (χ2v) is 10.2. The largest absolute Gasteiger partial charge is 0.446 e. The van der Waals surface area contributed by atoms with Gasteiger partial charge in [0, 0.05) is 41.7 Å². The van der Waals surface area contributed by atoms with Crippen molar-refractivity contribution in [1.82, 2.24) is 14.8 Å². The van der Waals surface area contributed by atoms with Gasteiger partial charge in [0.05, 0.1) is 17.1 Å². The maximum absolute atomic E-state index is 14.3. The highest BCUT2D eigenvalue weighted by atomic mass is 35.5. The topological polar surface area (TPSA) is 135 Å². The summed E-state index contributed by atoms with van der Waals surface area (Å²) in [4.78, 5) is 39.2. The van der Waals surface area contributed by atoms with E-state index in [2.05, 4.69) is 9.50 Å². The van der Waals surface area contributed by atoms with Gasteiger partial charge in [0.1, 0.15) is 30.3 Å². The van der Waals surface area contributed by atoms with Crippen LogP contribution in [0.25, 0.3) is 10.9 Å². The molecule has 3 aromatic rings. The number of fused-ring (bicyclic) bond motifs is 1. The van der Waals surface area contributed by atoms with Crippen molar-refractivity contribution in [2.75, 3.05) is 6.54 Å². The Balaban J connectivity index is 1.56. The molecule has 2 N–H and O–H groups in total. The van der Waals surface area contributed by atoms with E-state index >= 15 is 0 Å². The summed E-state index contributed by atoms with van der Waals surface area (Å²) in [5.41, 5.74) is 0.587. The number of amides is 2. The fraction of sp³-hybridized carbons (Fsp3) is 0.292. The number of hydrogen-bond acceptors (Lipinski definition) is 6. The smallest absolute Gasteiger partial charge is 0.362 e. The summed E-state index contributed by atoms with van der Waals surface area (Å²) in [6.07, 6.45) is -0.351. The molecular formula is C24H22ClF2N3O7S. The molecule has 0 unspecified atom stereocenters. The molecule has 1 saturated heterocycles. The molecule has 1 aliphatic rings. The predicted molar refractivity (Wildman–Crippen MR) is 132 cm³/mol. The first-order valence-electron chi connectivity index (χ1n) is 11.3. The van der Waals surface area contributed by atoms with Crippen molar-refractivity contribution in [3.63, 3.8) is 0 Å². The Bertz CT molecular complexity index is 1540. The predicted octanol–water partition coefficient (Wildman–Crippen LogP) is 3.07. The quantitative estimate of drug-likeness (QED) is 0.314. The maximum atomic E-state index is 14.3. The highest BCUT2D eigenvalue weighted by molar-refractivity contribution is 7.81. The number of Topliss-reactive ketones (excluding diaryl/α,β-unsaturated/α-hetero) is 1. The molecule has 10 nitrogen and oxygen atoms in total. The van der Waals surface area contributed by atoms with Crippen LogP contribution in [0.5, 0.6) is 5.75 Å². The van der Waals surface area contributed by atoms with Gasteiger partial charge in [0.25, 0.3) is 0 Å². The van der Waals surface area contributed by atoms with Crippen LogP contribution in [0.15, 0.2) is 42.6 Å². The maximum Gasteiger partial charge on any atom is 0.446 e. The fourth-order valence-corrected chi connectivity index (χ4v) is 4.93. The van der Waals surface area contributed by atoms with Gasteiger partial charge in [-0.05, 0) is 25.1 Å².